The number of halogens is 5. The molecule has 1 aromatic rings. The smallest absolute Gasteiger partial charge is 0.326 e. The minimum Gasteiger partial charge on any atom is -0.326 e. The molecule has 92 valence electrons. The Balaban J connectivity index is 3.61. The van der Waals surface area contributed by atoms with Gasteiger partial charge >= 0.3 is 6.18 Å². The first kappa shape index (κ1) is 13.3. The largest absolute Gasteiger partial charge is 0.418 e. The molecule has 0 spiro atoms. The van der Waals surface area contributed by atoms with Crippen molar-refractivity contribution in [1.29, 1.82) is 5.26 Å². The summed E-state index contributed by atoms with van der Waals surface area (Å²) in [4.78, 5) is 3.18. The zero-order valence-corrected chi connectivity index (χ0v) is 8.22. The molecule has 0 saturated carbocycles. The third kappa shape index (κ3) is 2.50. The van der Waals surface area contributed by atoms with Gasteiger partial charge < -0.3 is 5.73 Å². The zero-order valence-electron chi connectivity index (χ0n) is 8.22. The summed E-state index contributed by atoms with van der Waals surface area (Å²) < 4.78 is 62.6. The van der Waals surface area contributed by atoms with Crippen LogP contribution in [-0.2, 0) is 12.7 Å². The molecule has 0 amide bonds. The normalized spacial score (nSPS) is 11.6. The number of rotatable bonds is 2. The standard InChI is InChI=1S/C9H6F5N3/c10-8(11)7-4(1-15)6(2-16)17-3-5(7)9(12,13)14/h3,8H,1,15H2. The average molecular weight is 251 g/mol. The molecule has 1 aromatic heterocycles. The van der Waals surface area contributed by atoms with E-state index in [1.165, 1.54) is 6.07 Å². The quantitative estimate of drug-likeness (QED) is 0.820. The van der Waals surface area contributed by atoms with Crippen molar-refractivity contribution in [3.05, 3.63) is 28.6 Å². The van der Waals surface area contributed by atoms with Crippen LogP contribution in [0.1, 0.15) is 28.8 Å². The summed E-state index contributed by atoms with van der Waals surface area (Å²) in [6.07, 6.45) is -8.11. The molecule has 0 fully saturated rings. The molecule has 8 heteroatoms. The Labute approximate surface area is 92.7 Å². The van der Waals surface area contributed by atoms with E-state index in [2.05, 4.69) is 4.98 Å². The van der Waals surface area contributed by atoms with Crippen molar-refractivity contribution in [3.63, 3.8) is 0 Å². The van der Waals surface area contributed by atoms with Crippen molar-refractivity contribution in [1.82, 2.24) is 4.98 Å². The fraction of sp³-hybridized carbons (Fsp3) is 0.333. The van der Waals surface area contributed by atoms with Crippen LogP contribution in [0.3, 0.4) is 0 Å². The lowest BCUT2D eigenvalue weighted by atomic mass is 10.0. The molecule has 3 nitrogen and oxygen atoms in total. The summed E-state index contributed by atoms with van der Waals surface area (Å²) in [7, 11) is 0. The van der Waals surface area contributed by atoms with E-state index < -0.39 is 41.5 Å². The first-order valence-corrected chi connectivity index (χ1v) is 4.30. The number of alkyl halides is 5. The summed E-state index contributed by atoms with van der Waals surface area (Å²) in [6.45, 7) is -0.612. The maximum atomic E-state index is 12.6. The van der Waals surface area contributed by atoms with Crippen LogP contribution < -0.4 is 5.73 Å². The summed E-state index contributed by atoms with van der Waals surface area (Å²) in [5, 5.41) is 8.56. The Morgan fingerprint density at radius 2 is 2.00 bits per heavy atom. The molecule has 0 saturated heterocycles. The van der Waals surface area contributed by atoms with Gasteiger partial charge in [-0.2, -0.15) is 18.4 Å². The minimum atomic E-state index is -4.96. The second kappa shape index (κ2) is 4.63. The van der Waals surface area contributed by atoms with E-state index >= 15 is 0 Å². The van der Waals surface area contributed by atoms with Gasteiger partial charge in [0.25, 0.3) is 6.43 Å². The summed E-state index contributed by atoms with van der Waals surface area (Å²) in [5.41, 5.74) is 1.16. The number of hydrogen-bond donors (Lipinski definition) is 1. The molecule has 1 heterocycles. The molecule has 0 aliphatic rings. The van der Waals surface area contributed by atoms with Crippen molar-refractivity contribution in [2.24, 2.45) is 5.73 Å². The first-order valence-electron chi connectivity index (χ1n) is 4.30. The van der Waals surface area contributed by atoms with Crippen molar-refractivity contribution in [2.75, 3.05) is 0 Å². The molecule has 0 unspecified atom stereocenters. The number of pyridine rings is 1. The number of aromatic nitrogens is 1. The first-order chi connectivity index (χ1) is 7.82. The van der Waals surface area contributed by atoms with Gasteiger partial charge in [-0.1, -0.05) is 0 Å². The summed E-state index contributed by atoms with van der Waals surface area (Å²) in [6, 6.07) is 1.43. The third-order valence-electron chi connectivity index (χ3n) is 2.06. The lowest BCUT2D eigenvalue weighted by Gasteiger charge is -2.15. The molecular weight excluding hydrogens is 245 g/mol. The lowest BCUT2D eigenvalue weighted by molar-refractivity contribution is -0.139. The lowest BCUT2D eigenvalue weighted by Crippen LogP contribution is -2.16. The van der Waals surface area contributed by atoms with Crippen molar-refractivity contribution < 1.29 is 22.0 Å². The topological polar surface area (TPSA) is 62.7 Å². The maximum Gasteiger partial charge on any atom is 0.418 e. The second-order valence-electron chi connectivity index (χ2n) is 3.03. The molecule has 0 aliphatic carbocycles. The number of nitrogens with zero attached hydrogens (tertiary/aromatic N) is 2. The van der Waals surface area contributed by atoms with Gasteiger partial charge in [0.2, 0.25) is 0 Å². The van der Waals surface area contributed by atoms with Crippen molar-refractivity contribution >= 4 is 0 Å². The monoisotopic (exact) mass is 251 g/mol. The fourth-order valence-electron chi connectivity index (χ4n) is 1.34. The van der Waals surface area contributed by atoms with Gasteiger partial charge in [0.15, 0.2) is 0 Å². The molecular formula is C9H6F5N3. The molecule has 0 aromatic carbocycles. The predicted octanol–water partition coefficient (Wildman–Crippen LogP) is 2.37. The van der Waals surface area contributed by atoms with Crippen LogP contribution in [0.5, 0.6) is 0 Å². The van der Waals surface area contributed by atoms with E-state index in [1.807, 2.05) is 0 Å². The molecule has 17 heavy (non-hydrogen) atoms. The SMILES string of the molecule is N#Cc1ncc(C(F)(F)F)c(C(F)F)c1CN. The Hall–Kier alpha value is -1.75. The summed E-state index contributed by atoms with van der Waals surface area (Å²) in [5.74, 6) is 0. The van der Waals surface area contributed by atoms with Crippen LogP contribution in [0.2, 0.25) is 0 Å². The molecule has 0 bridgehead atoms. The highest BCUT2D eigenvalue weighted by atomic mass is 19.4. The maximum absolute atomic E-state index is 12.6. The fourth-order valence-corrected chi connectivity index (χ4v) is 1.34. The highest BCUT2D eigenvalue weighted by molar-refractivity contribution is 5.43. The van der Waals surface area contributed by atoms with Gasteiger partial charge in [0.1, 0.15) is 11.8 Å². The molecule has 1 rings (SSSR count). The Morgan fingerprint density at radius 1 is 1.41 bits per heavy atom. The van der Waals surface area contributed by atoms with Gasteiger partial charge in [-0.3, -0.25) is 0 Å². The Morgan fingerprint density at radius 3 is 2.35 bits per heavy atom. The van der Waals surface area contributed by atoms with Crippen LogP contribution in [0.4, 0.5) is 22.0 Å². The van der Waals surface area contributed by atoms with Crippen molar-refractivity contribution in [3.8, 4) is 6.07 Å². The number of nitriles is 1. The van der Waals surface area contributed by atoms with Crippen LogP contribution in [0.15, 0.2) is 6.20 Å². The van der Waals surface area contributed by atoms with Gasteiger partial charge in [-0.15, -0.1) is 0 Å². The molecule has 0 aliphatic heterocycles. The zero-order chi connectivity index (χ0) is 13.2. The van der Waals surface area contributed by atoms with Crippen LogP contribution >= 0.6 is 0 Å². The summed E-state index contributed by atoms with van der Waals surface area (Å²) >= 11 is 0. The minimum absolute atomic E-state index is 0.221. The molecule has 2 N–H and O–H groups in total. The van der Waals surface area contributed by atoms with E-state index in [1.54, 1.807) is 0 Å². The van der Waals surface area contributed by atoms with Gasteiger partial charge in [0, 0.05) is 23.9 Å². The van der Waals surface area contributed by atoms with E-state index in [0.29, 0.717) is 0 Å². The van der Waals surface area contributed by atoms with E-state index in [4.69, 9.17) is 11.0 Å². The van der Waals surface area contributed by atoms with Gasteiger partial charge in [0.05, 0.1) is 5.56 Å². The highest BCUT2D eigenvalue weighted by Crippen LogP contribution is 2.38. The highest BCUT2D eigenvalue weighted by Gasteiger charge is 2.38. The van der Waals surface area contributed by atoms with Crippen LogP contribution in [0, 0.1) is 11.3 Å². The second-order valence-corrected chi connectivity index (χ2v) is 3.03. The Bertz CT molecular complexity index is 461. The van der Waals surface area contributed by atoms with Gasteiger partial charge in [-0.25, -0.2) is 13.8 Å². The molecule has 0 radical (unpaired) electrons. The predicted molar refractivity (Wildman–Crippen MR) is 46.8 cm³/mol. The van der Waals surface area contributed by atoms with Crippen molar-refractivity contribution in [2.45, 2.75) is 19.1 Å². The van der Waals surface area contributed by atoms with Crippen LogP contribution in [-0.4, -0.2) is 4.98 Å². The Kier molecular flexibility index (Phi) is 3.63. The van der Waals surface area contributed by atoms with E-state index in [0.717, 1.165) is 0 Å². The van der Waals surface area contributed by atoms with Crippen LogP contribution in [0.25, 0.3) is 0 Å². The average Bonchev–Trinajstić information content (AvgIpc) is 2.25. The van der Waals surface area contributed by atoms with Gasteiger partial charge in [-0.05, 0) is 0 Å². The number of hydrogen-bond acceptors (Lipinski definition) is 3. The van der Waals surface area contributed by atoms with E-state index in [9.17, 15) is 22.0 Å². The number of nitrogens with two attached hydrogens (primary N) is 1. The van der Waals surface area contributed by atoms with E-state index in [-0.39, 0.29) is 6.20 Å². The third-order valence-corrected chi connectivity index (χ3v) is 2.06. The molecule has 0 atom stereocenters.